The highest BCUT2D eigenvalue weighted by atomic mass is 19.4. The van der Waals surface area contributed by atoms with Crippen molar-refractivity contribution in [3.05, 3.63) is 0 Å². The molecule has 1 N–H and O–H groups in total. The van der Waals surface area contributed by atoms with Crippen molar-refractivity contribution < 1.29 is 18.3 Å². The topological polar surface area (TPSA) is 20.2 Å². The maximum atomic E-state index is 11.9. The van der Waals surface area contributed by atoms with Crippen LogP contribution in [0.2, 0.25) is 0 Å². The van der Waals surface area contributed by atoms with Crippen molar-refractivity contribution in [2.75, 3.05) is 0 Å². The molecule has 0 heterocycles. The first-order valence-electron chi connectivity index (χ1n) is 4.74. The molecule has 1 rings (SSSR count). The van der Waals surface area contributed by atoms with Gasteiger partial charge in [-0.2, -0.15) is 13.2 Å². The van der Waals surface area contributed by atoms with Gasteiger partial charge in [-0.1, -0.05) is 19.3 Å². The average molecular weight is 196 g/mol. The lowest BCUT2D eigenvalue weighted by molar-refractivity contribution is -0.160. The van der Waals surface area contributed by atoms with Gasteiger partial charge in [0, 0.05) is 0 Å². The van der Waals surface area contributed by atoms with Gasteiger partial charge in [0.25, 0.3) is 0 Å². The largest absolute Gasteiger partial charge is 0.392 e. The Balaban J connectivity index is 2.33. The van der Waals surface area contributed by atoms with Crippen molar-refractivity contribution >= 4 is 0 Å². The minimum Gasteiger partial charge on any atom is -0.392 e. The molecule has 1 atom stereocenters. The second-order valence-corrected chi connectivity index (χ2v) is 3.78. The summed E-state index contributed by atoms with van der Waals surface area (Å²) < 4.78 is 35.7. The number of halogens is 3. The zero-order valence-electron chi connectivity index (χ0n) is 7.48. The van der Waals surface area contributed by atoms with E-state index >= 15 is 0 Å². The first-order valence-corrected chi connectivity index (χ1v) is 4.74. The Hall–Kier alpha value is -0.250. The van der Waals surface area contributed by atoms with Crippen LogP contribution in [0.5, 0.6) is 0 Å². The molecule has 1 unspecified atom stereocenters. The van der Waals surface area contributed by atoms with Crippen molar-refractivity contribution in [2.45, 2.75) is 50.8 Å². The third-order valence-corrected chi connectivity index (χ3v) is 2.63. The van der Waals surface area contributed by atoms with E-state index in [1.807, 2.05) is 0 Å². The van der Waals surface area contributed by atoms with Crippen LogP contribution in [0.4, 0.5) is 13.2 Å². The minimum absolute atomic E-state index is 0.129. The van der Waals surface area contributed by atoms with E-state index in [4.69, 9.17) is 0 Å². The third kappa shape index (κ3) is 3.98. The SMILES string of the molecule is OC(CC(F)(F)F)C1CCCCC1. The summed E-state index contributed by atoms with van der Waals surface area (Å²) in [5, 5.41) is 9.29. The molecule has 0 bridgehead atoms. The summed E-state index contributed by atoms with van der Waals surface area (Å²) in [6.45, 7) is 0. The molecule has 0 aromatic carbocycles. The van der Waals surface area contributed by atoms with E-state index in [1.165, 1.54) is 0 Å². The van der Waals surface area contributed by atoms with Gasteiger partial charge in [0.2, 0.25) is 0 Å². The Morgan fingerprint density at radius 2 is 1.69 bits per heavy atom. The van der Waals surface area contributed by atoms with Gasteiger partial charge >= 0.3 is 6.18 Å². The highest BCUT2D eigenvalue weighted by molar-refractivity contribution is 4.75. The molecule has 0 saturated heterocycles. The van der Waals surface area contributed by atoms with Crippen LogP contribution in [0.1, 0.15) is 38.5 Å². The lowest BCUT2D eigenvalue weighted by Gasteiger charge is -2.27. The molecule has 0 radical (unpaired) electrons. The first kappa shape index (κ1) is 10.8. The molecule has 0 aromatic rings. The lowest BCUT2D eigenvalue weighted by atomic mass is 9.84. The van der Waals surface area contributed by atoms with Crippen molar-refractivity contribution in [3.63, 3.8) is 0 Å². The van der Waals surface area contributed by atoms with E-state index in [2.05, 4.69) is 0 Å². The zero-order chi connectivity index (χ0) is 9.90. The second-order valence-electron chi connectivity index (χ2n) is 3.78. The molecular weight excluding hydrogens is 181 g/mol. The molecule has 1 saturated carbocycles. The van der Waals surface area contributed by atoms with Gasteiger partial charge in [0.05, 0.1) is 12.5 Å². The van der Waals surface area contributed by atoms with Gasteiger partial charge in [-0.05, 0) is 18.8 Å². The van der Waals surface area contributed by atoms with E-state index in [0.717, 1.165) is 32.1 Å². The summed E-state index contributed by atoms with van der Waals surface area (Å²) in [7, 11) is 0. The van der Waals surface area contributed by atoms with Gasteiger partial charge in [0.15, 0.2) is 0 Å². The van der Waals surface area contributed by atoms with Gasteiger partial charge in [-0.15, -0.1) is 0 Å². The van der Waals surface area contributed by atoms with Crippen LogP contribution in [0.3, 0.4) is 0 Å². The minimum atomic E-state index is -4.23. The summed E-state index contributed by atoms with van der Waals surface area (Å²) >= 11 is 0. The summed E-state index contributed by atoms with van der Waals surface area (Å²) in [5.74, 6) is -0.129. The Morgan fingerprint density at radius 3 is 2.15 bits per heavy atom. The standard InChI is InChI=1S/C9H15F3O/c10-9(11,12)6-8(13)7-4-2-1-3-5-7/h7-8,13H,1-6H2. The van der Waals surface area contributed by atoms with E-state index < -0.39 is 18.7 Å². The van der Waals surface area contributed by atoms with Crippen LogP contribution >= 0.6 is 0 Å². The molecule has 1 fully saturated rings. The molecular formula is C9H15F3O. The van der Waals surface area contributed by atoms with E-state index in [1.54, 1.807) is 0 Å². The number of aliphatic hydroxyl groups is 1. The van der Waals surface area contributed by atoms with E-state index in [-0.39, 0.29) is 5.92 Å². The Kier molecular flexibility index (Phi) is 3.59. The Bertz CT molecular complexity index is 149. The van der Waals surface area contributed by atoms with E-state index in [0.29, 0.717) is 0 Å². The fourth-order valence-electron chi connectivity index (χ4n) is 1.92. The molecule has 13 heavy (non-hydrogen) atoms. The summed E-state index contributed by atoms with van der Waals surface area (Å²) in [5.41, 5.74) is 0. The first-order chi connectivity index (χ1) is 5.99. The molecule has 1 aliphatic carbocycles. The van der Waals surface area contributed by atoms with Crippen LogP contribution in [0.25, 0.3) is 0 Å². The van der Waals surface area contributed by atoms with Crippen molar-refractivity contribution in [2.24, 2.45) is 5.92 Å². The molecule has 1 nitrogen and oxygen atoms in total. The number of hydrogen-bond donors (Lipinski definition) is 1. The number of alkyl halides is 3. The predicted molar refractivity (Wildman–Crippen MR) is 43.3 cm³/mol. The number of hydrogen-bond acceptors (Lipinski definition) is 1. The maximum absolute atomic E-state index is 11.9. The smallest absolute Gasteiger partial charge is 0.391 e. The van der Waals surface area contributed by atoms with Crippen LogP contribution in [0, 0.1) is 5.92 Å². The molecule has 4 heteroatoms. The molecule has 0 amide bonds. The molecule has 0 spiro atoms. The number of rotatable bonds is 2. The van der Waals surface area contributed by atoms with Gasteiger partial charge in [-0.3, -0.25) is 0 Å². The van der Waals surface area contributed by atoms with Crippen molar-refractivity contribution in [3.8, 4) is 0 Å². The number of aliphatic hydroxyl groups excluding tert-OH is 1. The van der Waals surface area contributed by atoms with Gasteiger partial charge in [0.1, 0.15) is 0 Å². The molecule has 0 aromatic heterocycles. The highest BCUT2D eigenvalue weighted by Crippen LogP contribution is 2.32. The summed E-state index contributed by atoms with van der Waals surface area (Å²) in [6, 6.07) is 0. The summed E-state index contributed by atoms with van der Waals surface area (Å²) in [4.78, 5) is 0. The van der Waals surface area contributed by atoms with Crippen LogP contribution < -0.4 is 0 Å². The van der Waals surface area contributed by atoms with Crippen molar-refractivity contribution in [1.82, 2.24) is 0 Å². The second kappa shape index (κ2) is 4.31. The third-order valence-electron chi connectivity index (χ3n) is 2.63. The van der Waals surface area contributed by atoms with Crippen LogP contribution in [-0.2, 0) is 0 Å². The monoisotopic (exact) mass is 196 g/mol. The fourth-order valence-corrected chi connectivity index (χ4v) is 1.92. The Labute approximate surface area is 75.9 Å². The van der Waals surface area contributed by atoms with E-state index in [9.17, 15) is 18.3 Å². The van der Waals surface area contributed by atoms with Gasteiger partial charge < -0.3 is 5.11 Å². The highest BCUT2D eigenvalue weighted by Gasteiger charge is 2.34. The fraction of sp³-hybridized carbons (Fsp3) is 1.00. The molecule has 1 aliphatic rings. The summed E-state index contributed by atoms with van der Waals surface area (Å²) in [6.07, 6.45) is -1.95. The molecule has 78 valence electrons. The van der Waals surface area contributed by atoms with Crippen molar-refractivity contribution in [1.29, 1.82) is 0 Å². The normalized spacial score (nSPS) is 23.1. The van der Waals surface area contributed by atoms with Crippen LogP contribution in [0.15, 0.2) is 0 Å². The average Bonchev–Trinajstić information content (AvgIpc) is 2.03. The van der Waals surface area contributed by atoms with Crippen LogP contribution in [-0.4, -0.2) is 17.4 Å². The predicted octanol–water partition coefficient (Wildman–Crippen LogP) is 2.88. The maximum Gasteiger partial charge on any atom is 0.391 e. The Morgan fingerprint density at radius 1 is 1.15 bits per heavy atom. The lowest BCUT2D eigenvalue weighted by Crippen LogP contribution is -2.28. The van der Waals surface area contributed by atoms with Gasteiger partial charge in [-0.25, -0.2) is 0 Å². The molecule has 0 aliphatic heterocycles. The zero-order valence-corrected chi connectivity index (χ0v) is 7.48. The quantitative estimate of drug-likeness (QED) is 0.720.